The molecule has 1 heterocycles. The minimum Gasteiger partial charge on any atom is -0.493 e. The van der Waals surface area contributed by atoms with Crippen molar-refractivity contribution in [3.63, 3.8) is 0 Å². The Kier molecular flexibility index (Phi) is 6.39. The number of halogens is 2. The molecule has 0 fully saturated rings. The van der Waals surface area contributed by atoms with Crippen molar-refractivity contribution in [3.8, 4) is 11.5 Å². The van der Waals surface area contributed by atoms with Crippen LogP contribution >= 0.6 is 0 Å². The minimum absolute atomic E-state index is 0.276. The summed E-state index contributed by atoms with van der Waals surface area (Å²) >= 11 is 0. The Bertz CT molecular complexity index is 1490. The van der Waals surface area contributed by atoms with Gasteiger partial charge in [-0.3, -0.25) is 9.71 Å². The third-order valence-electron chi connectivity index (χ3n) is 5.45. The van der Waals surface area contributed by atoms with Gasteiger partial charge in [0.25, 0.3) is 10.0 Å². The Labute approximate surface area is 196 Å². The first-order valence-corrected chi connectivity index (χ1v) is 11.8. The van der Waals surface area contributed by atoms with Crippen molar-refractivity contribution in [3.05, 3.63) is 89.1 Å². The van der Waals surface area contributed by atoms with Crippen LogP contribution < -0.4 is 14.2 Å². The number of nitrogens with zero attached hydrogens (tertiary/aromatic N) is 1. The molecule has 34 heavy (non-hydrogen) atoms. The highest BCUT2D eigenvalue weighted by Gasteiger charge is 2.21. The second-order valence-electron chi connectivity index (χ2n) is 7.70. The van der Waals surface area contributed by atoms with Gasteiger partial charge in [-0.1, -0.05) is 12.1 Å². The molecule has 0 atom stereocenters. The van der Waals surface area contributed by atoms with E-state index in [1.165, 1.54) is 0 Å². The number of hydrogen-bond acceptors (Lipinski definition) is 5. The fourth-order valence-corrected chi connectivity index (χ4v) is 4.96. The molecule has 6 nitrogen and oxygen atoms in total. The smallest absolute Gasteiger partial charge is 0.264 e. The number of sulfonamides is 1. The third kappa shape index (κ3) is 4.65. The molecule has 9 heteroatoms. The lowest BCUT2D eigenvalue weighted by atomic mass is 9.99. The van der Waals surface area contributed by atoms with Gasteiger partial charge >= 0.3 is 0 Å². The zero-order valence-corrected chi connectivity index (χ0v) is 19.5. The Hall–Kier alpha value is -3.72. The summed E-state index contributed by atoms with van der Waals surface area (Å²) in [5.41, 5.74) is 3.60. The maximum absolute atomic E-state index is 14.0. The normalized spacial score (nSPS) is 11.4. The Morgan fingerprint density at radius 3 is 2.38 bits per heavy atom. The van der Waals surface area contributed by atoms with E-state index in [1.807, 2.05) is 24.3 Å². The van der Waals surface area contributed by atoms with E-state index < -0.39 is 26.6 Å². The molecule has 0 saturated carbocycles. The van der Waals surface area contributed by atoms with Crippen LogP contribution in [0.1, 0.15) is 16.7 Å². The zero-order valence-electron chi connectivity index (χ0n) is 18.7. The van der Waals surface area contributed by atoms with E-state index in [0.717, 1.165) is 34.2 Å². The molecule has 0 aliphatic rings. The SMILES string of the molecule is COc1cc2nccc(Cc3ccc(NS(=O)(=O)c4cc(F)ccc4F)c(C)c3)c2cc1OC. The van der Waals surface area contributed by atoms with Crippen LogP contribution in [0.25, 0.3) is 10.9 Å². The maximum atomic E-state index is 14.0. The standard InChI is InChI=1S/C25H22F2N2O4S/c1-15-10-16(4-7-21(15)29-34(30,31)25-12-18(26)5-6-20(25)27)11-17-8-9-28-22-14-24(33-3)23(32-2)13-19(17)22/h4-10,12-14,29H,11H2,1-3H3. The highest BCUT2D eigenvalue weighted by atomic mass is 32.2. The third-order valence-corrected chi connectivity index (χ3v) is 6.83. The van der Waals surface area contributed by atoms with E-state index in [4.69, 9.17) is 9.47 Å². The van der Waals surface area contributed by atoms with Crippen molar-refractivity contribution >= 4 is 26.6 Å². The second kappa shape index (κ2) is 9.26. The van der Waals surface area contributed by atoms with Gasteiger partial charge in [-0.15, -0.1) is 0 Å². The number of anilines is 1. The molecule has 0 amide bonds. The Morgan fingerprint density at radius 2 is 1.68 bits per heavy atom. The van der Waals surface area contributed by atoms with E-state index in [2.05, 4.69) is 9.71 Å². The summed E-state index contributed by atoms with van der Waals surface area (Å²) < 4.78 is 65.8. The maximum Gasteiger partial charge on any atom is 0.264 e. The summed E-state index contributed by atoms with van der Waals surface area (Å²) in [7, 11) is -1.17. The molecule has 1 aromatic heterocycles. The number of aryl methyl sites for hydroxylation is 1. The largest absolute Gasteiger partial charge is 0.493 e. The molecule has 0 spiro atoms. The first kappa shape index (κ1) is 23.4. The molecule has 0 aliphatic carbocycles. The second-order valence-corrected chi connectivity index (χ2v) is 9.35. The number of aromatic nitrogens is 1. The molecule has 176 valence electrons. The van der Waals surface area contributed by atoms with E-state index in [-0.39, 0.29) is 5.69 Å². The zero-order chi connectivity index (χ0) is 24.5. The summed E-state index contributed by atoms with van der Waals surface area (Å²) in [5, 5.41) is 0.907. The molecule has 0 bridgehead atoms. The van der Waals surface area contributed by atoms with Crippen molar-refractivity contribution in [2.45, 2.75) is 18.2 Å². The van der Waals surface area contributed by atoms with Crippen LogP contribution in [0.15, 0.2) is 65.7 Å². The van der Waals surface area contributed by atoms with Crippen LogP contribution in [0, 0.1) is 18.6 Å². The average Bonchev–Trinajstić information content (AvgIpc) is 2.81. The van der Waals surface area contributed by atoms with Gasteiger partial charge in [-0.25, -0.2) is 17.2 Å². The molecule has 0 saturated heterocycles. The number of pyridine rings is 1. The van der Waals surface area contributed by atoms with Crippen LogP contribution in [0.3, 0.4) is 0 Å². The predicted molar refractivity (Wildman–Crippen MR) is 126 cm³/mol. The first-order chi connectivity index (χ1) is 16.2. The molecular formula is C25H22F2N2O4S. The van der Waals surface area contributed by atoms with Gasteiger partial charge < -0.3 is 9.47 Å². The molecule has 0 aliphatic heterocycles. The van der Waals surface area contributed by atoms with E-state index in [0.29, 0.717) is 29.5 Å². The molecule has 0 radical (unpaired) electrons. The van der Waals surface area contributed by atoms with Gasteiger partial charge in [-0.2, -0.15) is 0 Å². The van der Waals surface area contributed by atoms with Gasteiger partial charge in [-0.05, 0) is 66.4 Å². The molecule has 4 aromatic rings. The van der Waals surface area contributed by atoms with Gasteiger partial charge in [0.2, 0.25) is 0 Å². The number of ether oxygens (including phenoxy) is 2. The molecule has 0 unspecified atom stereocenters. The number of fused-ring (bicyclic) bond motifs is 1. The lowest BCUT2D eigenvalue weighted by Crippen LogP contribution is -2.15. The predicted octanol–water partition coefficient (Wildman–Crippen LogP) is 5.23. The van der Waals surface area contributed by atoms with Crippen LogP contribution in [-0.4, -0.2) is 27.6 Å². The lowest BCUT2D eigenvalue weighted by molar-refractivity contribution is 0.356. The average molecular weight is 485 g/mol. The number of nitrogens with one attached hydrogen (secondary N) is 1. The molecule has 1 N–H and O–H groups in total. The molecule has 3 aromatic carbocycles. The van der Waals surface area contributed by atoms with Crippen LogP contribution in [-0.2, 0) is 16.4 Å². The van der Waals surface area contributed by atoms with Crippen LogP contribution in [0.2, 0.25) is 0 Å². The number of hydrogen-bond donors (Lipinski definition) is 1. The van der Waals surface area contributed by atoms with Gasteiger partial charge in [0.05, 0.1) is 25.4 Å². The van der Waals surface area contributed by atoms with Crippen molar-refractivity contribution in [2.24, 2.45) is 0 Å². The van der Waals surface area contributed by atoms with E-state index in [9.17, 15) is 17.2 Å². The monoisotopic (exact) mass is 484 g/mol. The summed E-state index contributed by atoms with van der Waals surface area (Å²) in [6.07, 6.45) is 2.27. The van der Waals surface area contributed by atoms with Crippen molar-refractivity contribution in [2.75, 3.05) is 18.9 Å². The van der Waals surface area contributed by atoms with E-state index in [1.54, 1.807) is 39.5 Å². The number of benzene rings is 3. The number of methoxy groups -OCH3 is 2. The fraction of sp³-hybridized carbons (Fsp3) is 0.160. The Balaban J connectivity index is 1.63. The quantitative estimate of drug-likeness (QED) is 0.389. The highest BCUT2D eigenvalue weighted by Crippen LogP contribution is 2.33. The minimum atomic E-state index is -4.30. The first-order valence-electron chi connectivity index (χ1n) is 10.3. The number of rotatable bonds is 7. The molecular weight excluding hydrogens is 462 g/mol. The lowest BCUT2D eigenvalue weighted by Gasteiger charge is -2.14. The van der Waals surface area contributed by atoms with Crippen molar-refractivity contribution in [1.82, 2.24) is 4.98 Å². The summed E-state index contributed by atoms with van der Waals surface area (Å²) in [6.45, 7) is 1.74. The topological polar surface area (TPSA) is 77.5 Å². The summed E-state index contributed by atoms with van der Waals surface area (Å²) in [5.74, 6) is -0.691. The highest BCUT2D eigenvalue weighted by molar-refractivity contribution is 7.92. The van der Waals surface area contributed by atoms with Gasteiger partial charge in [0, 0.05) is 17.6 Å². The van der Waals surface area contributed by atoms with Crippen LogP contribution in [0.5, 0.6) is 11.5 Å². The Morgan fingerprint density at radius 1 is 0.941 bits per heavy atom. The van der Waals surface area contributed by atoms with E-state index >= 15 is 0 Å². The summed E-state index contributed by atoms with van der Waals surface area (Å²) in [6, 6.07) is 13.1. The summed E-state index contributed by atoms with van der Waals surface area (Å²) in [4.78, 5) is 3.67. The van der Waals surface area contributed by atoms with Crippen molar-refractivity contribution in [1.29, 1.82) is 0 Å². The van der Waals surface area contributed by atoms with Crippen molar-refractivity contribution < 1.29 is 26.7 Å². The fourth-order valence-electron chi connectivity index (χ4n) is 3.74. The molecule has 4 rings (SSSR count). The van der Waals surface area contributed by atoms with Crippen LogP contribution in [0.4, 0.5) is 14.5 Å². The van der Waals surface area contributed by atoms with Gasteiger partial charge in [0.1, 0.15) is 16.5 Å². The van der Waals surface area contributed by atoms with Gasteiger partial charge in [0.15, 0.2) is 11.5 Å².